The number of nitrogens with one attached hydrogen (secondary N) is 1. The van der Waals surface area contributed by atoms with Crippen LogP contribution in [0.2, 0.25) is 0 Å². The zero-order chi connectivity index (χ0) is 19.9. The van der Waals surface area contributed by atoms with Crippen molar-refractivity contribution in [3.05, 3.63) is 29.8 Å². The lowest BCUT2D eigenvalue weighted by Crippen LogP contribution is -2.41. The number of amides is 2. The van der Waals surface area contributed by atoms with Gasteiger partial charge in [-0.2, -0.15) is 4.31 Å². The lowest BCUT2D eigenvalue weighted by Gasteiger charge is -2.21. The molecule has 7 nitrogen and oxygen atoms in total. The van der Waals surface area contributed by atoms with Gasteiger partial charge in [0, 0.05) is 31.7 Å². The zero-order valence-corrected chi connectivity index (χ0v) is 16.9. The van der Waals surface area contributed by atoms with Gasteiger partial charge < -0.3 is 10.2 Å². The van der Waals surface area contributed by atoms with E-state index in [4.69, 9.17) is 0 Å². The van der Waals surface area contributed by atoms with Gasteiger partial charge >= 0.3 is 0 Å². The average molecular weight is 396 g/mol. The Morgan fingerprint density at radius 2 is 1.59 bits per heavy atom. The van der Waals surface area contributed by atoms with Crippen LogP contribution >= 0.6 is 0 Å². The molecular weight excluding hydrogens is 366 g/mol. The molecule has 1 fully saturated rings. The van der Waals surface area contributed by atoms with Crippen LogP contribution in [0.25, 0.3) is 0 Å². The largest absolute Gasteiger partial charge is 0.343 e. The highest BCUT2D eigenvalue weighted by atomic mass is 32.2. The minimum atomic E-state index is -3.49. The number of sulfonamides is 1. The van der Waals surface area contributed by atoms with Crippen molar-refractivity contribution in [3.8, 4) is 0 Å². The average Bonchev–Trinajstić information content (AvgIpc) is 3.21. The summed E-state index contributed by atoms with van der Waals surface area (Å²) in [6.07, 6.45) is 3.49. The normalized spacial score (nSPS) is 14.9. The molecular formula is C19H29N3O4S. The van der Waals surface area contributed by atoms with Gasteiger partial charge in [-0.15, -0.1) is 0 Å². The van der Waals surface area contributed by atoms with Gasteiger partial charge in [0.05, 0.1) is 11.4 Å². The maximum absolute atomic E-state index is 12.5. The number of carbonyl (C=O) groups is 2. The van der Waals surface area contributed by atoms with E-state index >= 15 is 0 Å². The first kappa shape index (κ1) is 21.4. The summed E-state index contributed by atoms with van der Waals surface area (Å²) in [6.45, 7) is 6.37. The molecule has 1 aliphatic heterocycles. The Kier molecular flexibility index (Phi) is 7.79. The van der Waals surface area contributed by atoms with E-state index < -0.39 is 10.0 Å². The summed E-state index contributed by atoms with van der Waals surface area (Å²) in [4.78, 5) is 26.4. The number of carbonyl (C=O) groups excluding carboxylic acids is 2. The number of benzene rings is 1. The SMILES string of the molecule is CCCN(CCC)C(=O)CNC(=O)c1ccc(S(=O)(=O)N2CCCC2)cc1. The van der Waals surface area contributed by atoms with Crippen molar-refractivity contribution in [1.82, 2.24) is 14.5 Å². The van der Waals surface area contributed by atoms with Crippen LogP contribution in [0.5, 0.6) is 0 Å². The van der Waals surface area contributed by atoms with Crippen molar-refractivity contribution < 1.29 is 18.0 Å². The Hall–Kier alpha value is -1.93. The smallest absolute Gasteiger partial charge is 0.251 e. The third kappa shape index (κ3) is 5.52. The van der Waals surface area contributed by atoms with Gasteiger partial charge in [-0.25, -0.2) is 8.42 Å². The topological polar surface area (TPSA) is 86.8 Å². The van der Waals surface area contributed by atoms with E-state index in [1.165, 1.54) is 28.6 Å². The van der Waals surface area contributed by atoms with E-state index in [2.05, 4.69) is 5.32 Å². The third-order valence-corrected chi connectivity index (χ3v) is 6.47. The Bertz CT molecular complexity index is 735. The van der Waals surface area contributed by atoms with Crippen LogP contribution in [0, 0.1) is 0 Å². The third-order valence-electron chi connectivity index (χ3n) is 4.56. The molecule has 1 heterocycles. The van der Waals surface area contributed by atoms with Crippen molar-refractivity contribution in [1.29, 1.82) is 0 Å². The van der Waals surface area contributed by atoms with Crippen molar-refractivity contribution in [3.63, 3.8) is 0 Å². The number of nitrogens with zero attached hydrogens (tertiary/aromatic N) is 2. The van der Waals surface area contributed by atoms with E-state index in [1.807, 2.05) is 13.8 Å². The number of hydrogen-bond donors (Lipinski definition) is 1. The Morgan fingerprint density at radius 1 is 1.04 bits per heavy atom. The second kappa shape index (κ2) is 9.85. The molecule has 0 aromatic heterocycles. The first-order chi connectivity index (χ1) is 12.9. The van der Waals surface area contributed by atoms with Crippen LogP contribution in [-0.4, -0.2) is 62.2 Å². The monoisotopic (exact) mass is 395 g/mol. The summed E-state index contributed by atoms with van der Waals surface area (Å²) in [5, 5.41) is 2.62. The predicted molar refractivity (Wildman–Crippen MR) is 104 cm³/mol. The fourth-order valence-corrected chi connectivity index (χ4v) is 4.64. The molecule has 1 N–H and O–H groups in total. The van der Waals surface area contributed by atoms with Crippen molar-refractivity contribution in [2.75, 3.05) is 32.7 Å². The summed E-state index contributed by atoms with van der Waals surface area (Å²) in [7, 11) is -3.49. The quantitative estimate of drug-likeness (QED) is 0.691. The fourth-order valence-electron chi connectivity index (χ4n) is 3.13. The maximum Gasteiger partial charge on any atom is 0.251 e. The second-order valence-corrected chi connectivity index (χ2v) is 8.64. The summed E-state index contributed by atoms with van der Waals surface area (Å²) < 4.78 is 26.5. The molecule has 27 heavy (non-hydrogen) atoms. The second-order valence-electron chi connectivity index (χ2n) is 6.70. The molecule has 0 saturated carbocycles. The molecule has 0 spiro atoms. The van der Waals surface area contributed by atoms with Crippen molar-refractivity contribution in [2.45, 2.75) is 44.4 Å². The fraction of sp³-hybridized carbons (Fsp3) is 0.579. The van der Waals surface area contributed by atoms with Crippen LogP contribution in [0.4, 0.5) is 0 Å². The summed E-state index contributed by atoms with van der Waals surface area (Å²) in [5.41, 5.74) is 0.334. The molecule has 0 unspecified atom stereocenters. The summed E-state index contributed by atoms with van der Waals surface area (Å²) in [5.74, 6) is -0.498. The van der Waals surface area contributed by atoms with Gasteiger partial charge in [0.2, 0.25) is 15.9 Å². The highest BCUT2D eigenvalue weighted by molar-refractivity contribution is 7.89. The number of rotatable bonds is 9. The number of hydrogen-bond acceptors (Lipinski definition) is 4. The van der Waals surface area contributed by atoms with Crippen LogP contribution in [-0.2, 0) is 14.8 Å². The first-order valence-corrected chi connectivity index (χ1v) is 11.0. The molecule has 2 amide bonds. The minimum Gasteiger partial charge on any atom is -0.343 e. The van der Waals surface area contributed by atoms with Crippen LogP contribution in [0.1, 0.15) is 49.9 Å². The lowest BCUT2D eigenvalue weighted by molar-refractivity contribution is -0.130. The van der Waals surface area contributed by atoms with E-state index in [0.717, 1.165) is 25.7 Å². The molecule has 8 heteroatoms. The van der Waals surface area contributed by atoms with E-state index in [-0.39, 0.29) is 23.3 Å². The lowest BCUT2D eigenvalue weighted by atomic mass is 10.2. The highest BCUT2D eigenvalue weighted by Crippen LogP contribution is 2.21. The molecule has 1 saturated heterocycles. The van der Waals surface area contributed by atoms with Crippen molar-refractivity contribution >= 4 is 21.8 Å². The molecule has 0 bridgehead atoms. The van der Waals surface area contributed by atoms with Crippen LogP contribution < -0.4 is 5.32 Å². The minimum absolute atomic E-state index is 0.0628. The molecule has 2 rings (SSSR count). The molecule has 150 valence electrons. The highest BCUT2D eigenvalue weighted by Gasteiger charge is 2.27. The molecule has 1 aromatic rings. The van der Waals surface area contributed by atoms with Gasteiger partial charge in [-0.1, -0.05) is 13.8 Å². The Labute approximate surface area is 161 Å². The molecule has 1 aliphatic rings. The predicted octanol–water partition coefficient (Wildman–Crippen LogP) is 1.85. The van der Waals surface area contributed by atoms with E-state index in [1.54, 1.807) is 4.90 Å². The Balaban J connectivity index is 1.96. The molecule has 0 aliphatic carbocycles. The first-order valence-electron chi connectivity index (χ1n) is 9.56. The molecule has 1 aromatic carbocycles. The van der Waals surface area contributed by atoms with Gasteiger partial charge in [-0.3, -0.25) is 9.59 Å². The van der Waals surface area contributed by atoms with Gasteiger partial charge in [0.1, 0.15) is 0 Å². The summed E-state index contributed by atoms with van der Waals surface area (Å²) in [6, 6.07) is 5.87. The van der Waals surface area contributed by atoms with Gasteiger partial charge in [-0.05, 0) is 49.9 Å². The van der Waals surface area contributed by atoms with Gasteiger partial charge in [0.15, 0.2) is 0 Å². The standard InChI is InChI=1S/C19H29N3O4S/c1-3-11-21(12-4-2)18(23)15-20-19(24)16-7-9-17(10-8-16)27(25,26)22-13-5-6-14-22/h7-10H,3-6,11-15H2,1-2H3,(H,20,24). The van der Waals surface area contributed by atoms with Crippen LogP contribution in [0.3, 0.4) is 0 Å². The molecule has 0 atom stereocenters. The van der Waals surface area contributed by atoms with Crippen molar-refractivity contribution in [2.24, 2.45) is 0 Å². The summed E-state index contributed by atoms with van der Waals surface area (Å²) >= 11 is 0. The van der Waals surface area contributed by atoms with Crippen LogP contribution in [0.15, 0.2) is 29.2 Å². The van der Waals surface area contributed by atoms with Gasteiger partial charge in [0.25, 0.3) is 5.91 Å². The Morgan fingerprint density at radius 3 is 2.11 bits per heavy atom. The zero-order valence-electron chi connectivity index (χ0n) is 16.1. The maximum atomic E-state index is 12.5. The molecule has 0 radical (unpaired) electrons. The van der Waals surface area contributed by atoms with E-state index in [0.29, 0.717) is 31.7 Å². The van der Waals surface area contributed by atoms with E-state index in [9.17, 15) is 18.0 Å².